The monoisotopic (exact) mass is 771 g/mol. The van der Waals surface area contributed by atoms with Gasteiger partial charge in [-0.05, 0) is 79.0 Å². The second-order valence-corrected chi connectivity index (χ2v) is 21.7. The first-order valence-corrected chi connectivity index (χ1v) is 21.7. The number of hydrogen-bond acceptors (Lipinski definition) is 10. The van der Waals surface area contributed by atoms with Crippen LogP contribution in [0.5, 0.6) is 17.2 Å². The highest BCUT2D eigenvalue weighted by Crippen LogP contribution is 2.55. The number of amides is 2. The van der Waals surface area contributed by atoms with Crippen molar-refractivity contribution in [3.8, 4) is 17.2 Å². The lowest BCUT2D eigenvalue weighted by atomic mass is 9.80. The fourth-order valence-electron chi connectivity index (χ4n) is 6.91. The van der Waals surface area contributed by atoms with Crippen LogP contribution in [0.1, 0.15) is 43.9 Å². The number of β-amino-alcohol motifs (C(OH)–C–C–N with tert-alkyl or cyclic N) is 1. The Morgan fingerprint density at radius 3 is 2.26 bits per heavy atom. The van der Waals surface area contributed by atoms with E-state index in [4.69, 9.17) is 18.6 Å². The van der Waals surface area contributed by atoms with Gasteiger partial charge in [-0.25, -0.2) is 17.1 Å². The van der Waals surface area contributed by atoms with Crippen molar-refractivity contribution in [1.82, 2.24) is 9.80 Å². The Hall–Kier alpha value is -4.02. The lowest BCUT2D eigenvalue weighted by molar-refractivity contribution is -0.138. The normalized spacial score (nSPS) is 20.8. The lowest BCUT2D eigenvalue weighted by Gasteiger charge is -2.42. The van der Waals surface area contributed by atoms with E-state index < -0.39 is 53.7 Å². The zero-order valence-corrected chi connectivity index (χ0v) is 33.8. The molecule has 3 aromatic carbocycles. The number of anilines is 1. The highest BCUT2D eigenvalue weighted by molar-refractivity contribution is 7.93. The van der Waals surface area contributed by atoms with Crippen LogP contribution in [-0.2, 0) is 36.0 Å². The van der Waals surface area contributed by atoms with Gasteiger partial charge in [0.05, 0.1) is 39.2 Å². The standard InChI is InChI=1S/C38H50FN3O9SSi/c1-37(2,3)53(9,10)51-18-17-24-11-15-32(49-7)29(19-24)38(41-23-26(43)21-31(41)35(44)40(4)5)28-20-25(39)12-14-30(28)42(36(38)45)52(46,47)34-16-13-27(48-6)22-33(34)50-8/h11-16,19-20,22,26,31,43H,17-18,21,23H2,1-10H3/t26-,31+,38?/m1/s1. The van der Waals surface area contributed by atoms with Crippen molar-refractivity contribution in [1.29, 1.82) is 0 Å². The maximum absolute atomic E-state index is 15.6. The molecular weight excluding hydrogens is 722 g/mol. The predicted molar refractivity (Wildman–Crippen MR) is 201 cm³/mol. The lowest BCUT2D eigenvalue weighted by Crippen LogP contribution is -2.59. The first kappa shape index (κ1) is 40.2. The first-order chi connectivity index (χ1) is 24.8. The van der Waals surface area contributed by atoms with E-state index in [1.165, 1.54) is 55.4 Å². The molecule has 1 fully saturated rings. The number of rotatable bonds is 12. The number of carbonyl (C=O) groups is 2. The Kier molecular flexibility index (Phi) is 11.1. The Morgan fingerprint density at radius 2 is 1.66 bits per heavy atom. The van der Waals surface area contributed by atoms with Crippen LogP contribution in [0.3, 0.4) is 0 Å². The molecule has 3 aromatic rings. The summed E-state index contributed by atoms with van der Waals surface area (Å²) in [5, 5.41) is 11.1. The smallest absolute Gasteiger partial charge is 0.274 e. The third-order valence-electron chi connectivity index (χ3n) is 10.7. The Morgan fingerprint density at radius 1 is 0.981 bits per heavy atom. The van der Waals surface area contributed by atoms with Gasteiger partial charge in [0.15, 0.2) is 13.9 Å². The summed E-state index contributed by atoms with van der Waals surface area (Å²) in [5.74, 6) is -1.74. The highest BCUT2D eigenvalue weighted by Gasteiger charge is 2.64. The summed E-state index contributed by atoms with van der Waals surface area (Å²) in [6, 6.07) is 11.6. The van der Waals surface area contributed by atoms with Crippen LogP contribution in [-0.4, -0.2) is 104 Å². The van der Waals surface area contributed by atoms with Gasteiger partial charge in [-0.15, -0.1) is 0 Å². The summed E-state index contributed by atoms with van der Waals surface area (Å²) in [6.07, 6.45) is -0.708. The van der Waals surface area contributed by atoms with Crippen LogP contribution >= 0.6 is 0 Å². The third-order valence-corrected chi connectivity index (χ3v) is 17.0. The minimum atomic E-state index is -4.79. The number of aliphatic hydroxyl groups excluding tert-OH is 1. The molecule has 1 N–H and O–H groups in total. The van der Waals surface area contributed by atoms with Gasteiger partial charge in [0.25, 0.3) is 15.9 Å². The highest BCUT2D eigenvalue weighted by atomic mass is 32.2. The molecule has 2 heterocycles. The minimum absolute atomic E-state index is 0.0295. The van der Waals surface area contributed by atoms with Gasteiger partial charge in [0.1, 0.15) is 28.0 Å². The molecule has 0 bridgehead atoms. The summed E-state index contributed by atoms with van der Waals surface area (Å²) in [7, 11) is 0.318. The molecule has 3 atom stereocenters. The van der Waals surface area contributed by atoms with Crippen LogP contribution in [0.15, 0.2) is 59.5 Å². The number of carbonyl (C=O) groups excluding carboxylic acids is 2. The number of hydrogen-bond donors (Lipinski definition) is 1. The Labute approximate surface area is 312 Å². The number of halogens is 1. The summed E-state index contributed by atoms with van der Waals surface area (Å²) < 4.78 is 69.0. The molecule has 0 spiro atoms. The van der Waals surface area contributed by atoms with Gasteiger partial charge in [-0.1, -0.05) is 26.8 Å². The molecule has 1 unspecified atom stereocenters. The number of sulfonamides is 1. The fraction of sp³-hybridized carbons (Fsp3) is 0.474. The molecule has 0 radical (unpaired) electrons. The molecule has 2 aliphatic heterocycles. The SMILES string of the molecule is COc1ccc(S(=O)(=O)N2C(=O)C(c3cc(CCO[Si](C)(C)C(C)(C)C)ccc3OC)(N3C[C@H](O)C[C@H]3C(=O)N(C)C)c3cc(F)ccc32)c(OC)c1. The zero-order valence-electron chi connectivity index (χ0n) is 32.0. The van der Waals surface area contributed by atoms with Crippen LogP contribution in [0.25, 0.3) is 0 Å². The van der Waals surface area contributed by atoms with Crippen molar-refractivity contribution in [2.75, 3.05) is 52.9 Å². The van der Waals surface area contributed by atoms with Gasteiger partial charge in [0, 0.05) is 44.4 Å². The molecule has 288 valence electrons. The van der Waals surface area contributed by atoms with E-state index in [0.29, 0.717) is 23.1 Å². The molecule has 2 aliphatic rings. The van der Waals surface area contributed by atoms with Gasteiger partial charge in [-0.2, -0.15) is 0 Å². The summed E-state index contributed by atoms with van der Waals surface area (Å²) in [5.41, 5.74) is -1.40. The van der Waals surface area contributed by atoms with Crippen LogP contribution in [0, 0.1) is 5.82 Å². The largest absolute Gasteiger partial charge is 0.497 e. The fourth-order valence-corrected chi connectivity index (χ4v) is 9.56. The number of methoxy groups -OCH3 is 3. The van der Waals surface area contributed by atoms with Crippen molar-refractivity contribution < 1.29 is 46.1 Å². The summed E-state index contributed by atoms with van der Waals surface area (Å²) >= 11 is 0. The molecule has 0 aliphatic carbocycles. The summed E-state index contributed by atoms with van der Waals surface area (Å²) in [6.45, 7) is 10.9. The van der Waals surface area contributed by atoms with Crippen molar-refractivity contribution >= 4 is 35.8 Å². The van der Waals surface area contributed by atoms with Gasteiger partial charge < -0.3 is 28.6 Å². The van der Waals surface area contributed by atoms with Crippen LogP contribution < -0.4 is 18.5 Å². The van der Waals surface area contributed by atoms with E-state index in [1.807, 2.05) is 6.07 Å². The van der Waals surface area contributed by atoms with E-state index >= 15 is 9.18 Å². The number of likely N-dealkylation sites (N-methyl/N-ethyl adjacent to an activating group) is 1. The second kappa shape index (κ2) is 14.7. The number of aliphatic hydroxyl groups is 1. The van der Waals surface area contributed by atoms with Crippen molar-refractivity contribution in [3.63, 3.8) is 0 Å². The first-order valence-electron chi connectivity index (χ1n) is 17.3. The van der Waals surface area contributed by atoms with Crippen molar-refractivity contribution in [2.45, 2.75) is 74.3 Å². The third kappa shape index (κ3) is 6.93. The zero-order chi connectivity index (χ0) is 39.3. The number of fused-ring (bicyclic) bond motifs is 1. The van der Waals surface area contributed by atoms with Crippen LogP contribution in [0.4, 0.5) is 10.1 Å². The maximum Gasteiger partial charge on any atom is 0.274 e. The van der Waals surface area contributed by atoms with Crippen molar-refractivity contribution in [2.24, 2.45) is 0 Å². The Balaban J connectivity index is 1.81. The van der Waals surface area contributed by atoms with Gasteiger partial charge >= 0.3 is 0 Å². The molecule has 1 saturated heterocycles. The molecule has 5 rings (SSSR count). The maximum atomic E-state index is 15.6. The number of benzene rings is 3. The molecular formula is C38H50FN3O9SSi. The van der Waals surface area contributed by atoms with E-state index in [1.54, 1.807) is 26.2 Å². The molecule has 53 heavy (non-hydrogen) atoms. The average molecular weight is 772 g/mol. The van der Waals surface area contributed by atoms with E-state index in [-0.39, 0.29) is 51.2 Å². The molecule has 2 amide bonds. The predicted octanol–water partition coefficient (Wildman–Crippen LogP) is 4.92. The average Bonchev–Trinajstić information content (AvgIpc) is 3.61. The van der Waals surface area contributed by atoms with E-state index in [9.17, 15) is 18.3 Å². The van der Waals surface area contributed by atoms with E-state index in [2.05, 4.69) is 33.9 Å². The quantitative estimate of drug-likeness (QED) is 0.253. The molecule has 12 nitrogen and oxygen atoms in total. The van der Waals surface area contributed by atoms with Gasteiger partial charge in [0.2, 0.25) is 5.91 Å². The van der Waals surface area contributed by atoms with Gasteiger partial charge in [-0.3, -0.25) is 14.5 Å². The van der Waals surface area contributed by atoms with Crippen LogP contribution in [0.2, 0.25) is 18.1 Å². The molecule has 15 heteroatoms. The topological polar surface area (TPSA) is 135 Å². The number of likely N-dealkylation sites (tertiary alicyclic amines) is 1. The number of ether oxygens (including phenoxy) is 3. The number of nitrogens with zero attached hydrogens (tertiary/aromatic N) is 3. The Bertz CT molecular complexity index is 2000. The van der Waals surface area contributed by atoms with Crippen molar-refractivity contribution in [3.05, 3.63) is 77.1 Å². The molecule has 0 saturated carbocycles. The second-order valence-electron chi connectivity index (χ2n) is 15.1. The summed E-state index contributed by atoms with van der Waals surface area (Å²) in [4.78, 5) is 32.0. The molecule has 0 aromatic heterocycles. The minimum Gasteiger partial charge on any atom is -0.497 e. The van der Waals surface area contributed by atoms with E-state index in [0.717, 1.165) is 17.7 Å².